The molecule has 78 valence electrons. The molecule has 0 spiro atoms. The van der Waals surface area contributed by atoms with Crippen LogP contribution >= 0.6 is 0 Å². The van der Waals surface area contributed by atoms with Crippen molar-refractivity contribution < 1.29 is 0 Å². The minimum atomic E-state index is 0.643. The van der Waals surface area contributed by atoms with Crippen LogP contribution in [0, 0.1) is 6.92 Å². The van der Waals surface area contributed by atoms with Crippen LogP contribution in [0.15, 0.2) is 24.3 Å². The summed E-state index contributed by atoms with van der Waals surface area (Å²) in [6.45, 7) is 1.98. The molecule has 1 aromatic heterocycles. The molecule has 0 bridgehead atoms. The Hall–Kier alpha value is -1.97. The summed E-state index contributed by atoms with van der Waals surface area (Å²) in [5.41, 5.74) is 15.2. The lowest BCUT2D eigenvalue weighted by atomic mass is 10.1. The van der Waals surface area contributed by atoms with Crippen LogP contribution in [0.3, 0.4) is 0 Å². The number of benzene rings is 1. The van der Waals surface area contributed by atoms with Crippen LogP contribution < -0.4 is 11.5 Å². The first-order valence-electron chi connectivity index (χ1n) is 4.74. The van der Waals surface area contributed by atoms with Crippen LogP contribution in [0.4, 0.5) is 11.5 Å². The smallest absolute Gasteiger partial charge is 0.121 e. The number of anilines is 2. The van der Waals surface area contributed by atoms with Gasteiger partial charge in [0, 0.05) is 24.4 Å². The molecule has 15 heavy (non-hydrogen) atoms. The van der Waals surface area contributed by atoms with Gasteiger partial charge in [0.15, 0.2) is 0 Å². The van der Waals surface area contributed by atoms with E-state index in [9.17, 15) is 0 Å². The van der Waals surface area contributed by atoms with Gasteiger partial charge in [-0.05, 0) is 18.6 Å². The third-order valence-corrected chi connectivity index (χ3v) is 2.49. The standard InChI is InChI=1S/C11H14N4/c1-7-3-4-8(5-9(7)12)10-6-11(13)15(2)14-10/h3-6H,12-13H2,1-2H3. The van der Waals surface area contributed by atoms with E-state index < -0.39 is 0 Å². The maximum absolute atomic E-state index is 5.84. The lowest BCUT2D eigenvalue weighted by molar-refractivity contribution is 0.782. The van der Waals surface area contributed by atoms with E-state index in [1.165, 1.54) is 0 Å². The predicted octanol–water partition coefficient (Wildman–Crippen LogP) is 1.56. The zero-order valence-electron chi connectivity index (χ0n) is 8.86. The molecule has 1 heterocycles. The molecule has 1 aromatic carbocycles. The summed E-state index contributed by atoms with van der Waals surface area (Å²) in [6, 6.07) is 7.73. The molecule has 0 saturated carbocycles. The van der Waals surface area contributed by atoms with Crippen molar-refractivity contribution in [1.82, 2.24) is 9.78 Å². The Kier molecular flexibility index (Phi) is 2.11. The van der Waals surface area contributed by atoms with E-state index in [0.717, 1.165) is 22.5 Å². The van der Waals surface area contributed by atoms with Crippen molar-refractivity contribution in [3.63, 3.8) is 0 Å². The highest BCUT2D eigenvalue weighted by atomic mass is 15.3. The number of nitrogen functional groups attached to an aromatic ring is 2. The molecule has 0 aliphatic carbocycles. The zero-order chi connectivity index (χ0) is 11.0. The fourth-order valence-electron chi connectivity index (χ4n) is 1.42. The van der Waals surface area contributed by atoms with Gasteiger partial charge in [-0.25, -0.2) is 0 Å². The summed E-state index contributed by atoms with van der Waals surface area (Å²) in [6.07, 6.45) is 0. The first-order chi connectivity index (χ1) is 7.08. The first-order valence-corrected chi connectivity index (χ1v) is 4.74. The van der Waals surface area contributed by atoms with Crippen LogP contribution in [0.1, 0.15) is 5.56 Å². The largest absolute Gasteiger partial charge is 0.398 e. The summed E-state index contributed by atoms with van der Waals surface area (Å²) in [7, 11) is 1.82. The molecule has 0 fully saturated rings. The molecule has 0 saturated heterocycles. The zero-order valence-corrected chi connectivity index (χ0v) is 8.86. The number of nitrogens with zero attached hydrogens (tertiary/aromatic N) is 2. The second-order valence-electron chi connectivity index (χ2n) is 3.65. The molecule has 2 aromatic rings. The molecule has 0 radical (unpaired) electrons. The summed E-state index contributed by atoms with van der Waals surface area (Å²) < 4.78 is 1.64. The van der Waals surface area contributed by atoms with Crippen molar-refractivity contribution in [2.24, 2.45) is 7.05 Å². The maximum atomic E-state index is 5.84. The minimum absolute atomic E-state index is 0.643. The molecule has 4 N–H and O–H groups in total. The van der Waals surface area contributed by atoms with Crippen molar-refractivity contribution in [2.75, 3.05) is 11.5 Å². The summed E-state index contributed by atoms with van der Waals surface area (Å²) in [5.74, 6) is 0.643. The van der Waals surface area contributed by atoms with Gasteiger partial charge < -0.3 is 11.5 Å². The van der Waals surface area contributed by atoms with Crippen molar-refractivity contribution in [3.05, 3.63) is 29.8 Å². The Morgan fingerprint density at radius 3 is 2.47 bits per heavy atom. The van der Waals surface area contributed by atoms with Crippen LogP contribution in [0.2, 0.25) is 0 Å². The van der Waals surface area contributed by atoms with E-state index >= 15 is 0 Å². The Bertz CT molecular complexity index is 480. The molecule has 0 amide bonds. The highest BCUT2D eigenvalue weighted by Crippen LogP contribution is 2.23. The normalized spacial score (nSPS) is 10.5. The molecule has 0 atom stereocenters. The van der Waals surface area contributed by atoms with Gasteiger partial charge in [-0.2, -0.15) is 5.10 Å². The van der Waals surface area contributed by atoms with E-state index in [4.69, 9.17) is 11.5 Å². The lowest BCUT2D eigenvalue weighted by Gasteiger charge is -2.01. The Balaban J connectivity index is 2.49. The molecule has 4 nitrogen and oxygen atoms in total. The van der Waals surface area contributed by atoms with Gasteiger partial charge in [0.25, 0.3) is 0 Å². The maximum Gasteiger partial charge on any atom is 0.121 e. The number of aryl methyl sites for hydroxylation is 2. The molecule has 4 heteroatoms. The van der Waals surface area contributed by atoms with E-state index in [-0.39, 0.29) is 0 Å². The van der Waals surface area contributed by atoms with Gasteiger partial charge in [0.2, 0.25) is 0 Å². The highest BCUT2D eigenvalue weighted by Gasteiger charge is 2.05. The van der Waals surface area contributed by atoms with Crippen LogP contribution in [-0.2, 0) is 7.05 Å². The van der Waals surface area contributed by atoms with Gasteiger partial charge >= 0.3 is 0 Å². The molecule has 0 unspecified atom stereocenters. The van der Waals surface area contributed by atoms with Crippen LogP contribution in [0.25, 0.3) is 11.3 Å². The second-order valence-corrected chi connectivity index (χ2v) is 3.65. The number of aromatic nitrogens is 2. The number of rotatable bonds is 1. The third-order valence-electron chi connectivity index (χ3n) is 2.49. The Morgan fingerprint density at radius 2 is 1.93 bits per heavy atom. The monoisotopic (exact) mass is 202 g/mol. The first kappa shape index (κ1) is 9.58. The van der Waals surface area contributed by atoms with Gasteiger partial charge in [-0.3, -0.25) is 4.68 Å². The van der Waals surface area contributed by atoms with Crippen molar-refractivity contribution >= 4 is 11.5 Å². The fourth-order valence-corrected chi connectivity index (χ4v) is 1.42. The Labute approximate surface area is 88.5 Å². The van der Waals surface area contributed by atoms with E-state index in [2.05, 4.69) is 5.10 Å². The SMILES string of the molecule is Cc1ccc(-c2cc(N)n(C)n2)cc1N. The molecule has 2 rings (SSSR count). The molecular formula is C11H14N4. The summed E-state index contributed by atoms with van der Waals surface area (Å²) in [4.78, 5) is 0. The van der Waals surface area contributed by atoms with Crippen molar-refractivity contribution in [2.45, 2.75) is 6.92 Å². The average molecular weight is 202 g/mol. The fraction of sp³-hybridized carbons (Fsp3) is 0.182. The predicted molar refractivity (Wildman–Crippen MR) is 62.2 cm³/mol. The second kappa shape index (κ2) is 3.31. The topological polar surface area (TPSA) is 69.9 Å². The quantitative estimate of drug-likeness (QED) is 0.689. The van der Waals surface area contributed by atoms with Crippen LogP contribution in [-0.4, -0.2) is 9.78 Å². The molecule has 0 aliphatic rings. The average Bonchev–Trinajstić information content (AvgIpc) is 2.52. The van der Waals surface area contributed by atoms with Crippen molar-refractivity contribution in [3.8, 4) is 11.3 Å². The van der Waals surface area contributed by atoms with Gasteiger partial charge in [0.05, 0.1) is 5.69 Å². The van der Waals surface area contributed by atoms with Gasteiger partial charge in [-0.1, -0.05) is 12.1 Å². The summed E-state index contributed by atoms with van der Waals surface area (Å²) in [5, 5.41) is 4.29. The van der Waals surface area contributed by atoms with Gasteiger partial charge in [0.1, 0.15) is 5.82 Å². The molecule has 0 aliphatic heterocycles. The third kappa shape index (κ3) is 1.66. The highest BCUT2D eigenvalue weighted by molar-refractivity contribution is 5.67. The van der Waals surface area contributed by atoms with Crippen molar-refractivity contribution in [1.29, 1.82) is 0 Å². The lowest BCUT2D eigenvalue weighted by Crippen LogP contribution is -1.96. The van der Waals surface area contributed by atoms with E-state index in [1.54, 1.807) is 4.68 Å². The number of hydrogen-bond donors (Lipinski definition) is 2. The van der Waals surface area contributed by atoms with Crippen LogP contribution in [0.5, 0.6) is 0 Å². The molecular weight excluding hydrogens is 188 g/mol. The van der Waals surface area contributed by atoms with E-state index in [0.29, 0.717) is 5.82 Å². The number of hydrogen-bond acceptors (Lipinski definition) is 3. The van der Waals surface area contributed by atoms with Gasteiger partial charge in [-0.15, -0.1) is 0 Å². The van der Waals surface area contributed by atoms with E-state index in [1.807, 2.05) is 38.2 Å². The number of nitrogens with two attached hydrogens (primary N) is 2. The minimum Gasteiger partial charge on any atom is -0.398 e. The summed E-state index contributed by atoms with van der Waals surface area (Å²) >= 11 is 0. The Morgan fingerprint density at radius 1 is 1.20 bits per heavy atom.